The van der Waals surface area contributed by atoms with E-state index in [4.69, 9.17) is 37.4 Å². The zero-order valence-corrected chi connectivity index (χ0v) is 15.9. The lowest BCUT2D eigenvalue weighted by atomic mass is 10.1. The molecule has 1 amide bonds. The van der Waals surface area contributed by atoms with Crippen molar-refractivity contribution < 1.29 is 19.0 Å². The monoisotopic (exact) mass is 383 g/mol. The number of hydrogen-bond acceptors (Lipinski definition) is 4. The van der Waals surface area contributed by atoms with Crippen LogP contribution in [-0.4, -0.2) is 39.2 Å². The molecule has 5 nitrogen and oxygen atoms in total. The van der Waals surface area contributed by atoms with Gasteiger partial charge in [0.25, 0.3) is 5.91 Å². The maximum absolute atomic E-state index is 12.9. The number of ether oxygens (including phenoxy) is 3. The summed E-state index contributed by atoms with van der Waals surface area (Å²) in [6.45, 7) is 0.301. The predicted molar refractivity (Wildman–Crippen MR) is 98.4 cm³/mol. The minimum absolute atomic E-state index is 0.242. The molecule has 0 saturated carbocycles. The van der Waals surface area contributed by atoms with E-state index < -0.39 is 0 Å². The minimum Gasteiger partial charge on any atom is -0.493 e. The van der Waals surface area contributed by atoms with Gasteiger partial charge in [-0.05, 0) is 23.8 Å². The first-order valence-corrected chi connectivity index (χ1v) is 8.17. The molecule has 0 aliphatic heterocycles. The highest BCUT2D eigenvalue weighted by Crippen LogP contribution is 2.40. The van der Waals surface area contributed by atoms with Crippen LogP contribution in [0.2, 0.25) is 10.0 Å². The number of rotatable bonds is 6. The standard InChI is InChI=1S/C18H19Cl2NO4/c1-21(10-11-6-5-7-13(19)15(11)20)18(22)12-8-9-14(23-2)17(25-4)16(12)24-3/h5-9H,10H2,1-4H3. The number of carbonyl (C=O) groups excluding carboxylic acids is 1. The molecule has 2 aromatic carbocycles. The molecule has 0 aliphatic rings. The Bertz CT molecular complexity index is 780. The van der Waals surface area contributed by atoms with Gasteiger partial charge in [0.2, 0.25) is 5.75 Å². The lowest BCUT2D eigenvalue weighted by Gasteiger charge is -2.21. The first-order chi connectivity index (χ1) is 11.9. The Kier molecular flexibility index (Phi) is 6.39. The maximum Gasteiger partial charge on any atom is 0.257 e. The van der Waals surface area contributed by atoms with Crippen molar-refractivity contribution in [3.8, 4) is 17.2 Å². The Morgan fingerprint density at radius 3 is 2.28 bits per heavy atom. The molecule has 7 heteroatoms. The molecule has 0 saturated heterocycles. The fraction of sp³-hybridized carbons (Fsp3) is 0.278. The van der Waals surface area contributed by atoms with Crippen molar-refractivity contribution in [3.63, 3.8) is 0 Å². The SMILES string of the molecule is COc1ccc(C(=O)N(C)Cc2cccc(Cl)c2Cl)c(OC)c1OC. The van der Waals surface area contributed by atoms with Gasteiger partial charge in [-0.15, -0.1) is 0 Å². The van der Waals surface area contributed by atoms with E-state index in [0.717, 1.165) is 5.56 Å². The Morgan fingerprint density at radius 1 is 1.00 bits per heavy atom. The highest BCUT2D eigenvalue weighted by atomic mass is 35.5. The predicted octanol–water partition coefficient (Wildman–Crippen LogP) is 4.29. The number of nitrogens with zero attached hydrogens (tertiary/aromatic N) is 1. The van der Waals surface area contributed by atoms with E-state index in [1.54, 1.807) is 31.3 Å². The van der Waals surface area contributed by atoms with Crippen LogP contribution >= 0.6 is 23.2 Å². The lowest BCUT2D eigenvalue weighted by molar-refractivity contribution is 0.0781. The molecule has 0 N–H and O–H groups in total. The van der Waals surface area contributed by atoms with E-state index in [0.29, 0.717) is 39.4 Å². The molecule has 0 spiro atoms. The molecule has 0 bridgehead atoms. The summed E-state index contributed by atoms with van der Waals surface area (Å²) in [4.78, 5) is 14.4. The molecule has 0 aromatic heterocycles. The van der Waals surface area contributed by atoms with Crippen molar-refractivity contribution in [1.82, 2.24) is 4.90 Å². The third-order valence-corrected chi connectivity index (χ3v) is 4.58. The van der Waals surface area contributed by atoms with Crippen LogP contribution in [0.25, 0.3) is 0 Å². The highest BCUT2D eigenvalue weighted by Gasteiger charge is 2.23. The van der Waals surface area contributed by atoms with E-state index in [1.165, 1.54) is 26.2 Å². The summed E-state index contributed by atoms with van der Waals surface area (Å²) in [6, 6.07) is 8.61. The first kappa shape index (κ1) is 19.2. The molecule has 0 unspecified atom stereocenters. The van der Waals surface area contributed by atoms with Crippen LogP contribution in [0, 0.1) is 0 Å². The minimum atomic E-state index is -0.242. The van der Waals surface area contributed by atoms with Gasteiger partial charge in [-0.25, -0.2) is 0 Å². The van der Waals surface area contributed by atoms with E-state index in [1.807, 2.05) is 6.07 Å². The fourth-order valence-corrected chi connectivity index (χ4v) is 2.85. The van der Waals surface area contributed by atoms with Crippen molar-refractivity contribution >= 4 is 29.1 Å². The van der Waals surface area contributed by atoms with Gasteiger partial charge in [-0.3, -0.25) is 4.79 Å². The van der Waals surface area contributed by atoms with Crippen LogP contribution in [0.5, 0.6) is 17.2 Å². The Hall–Kier alpha value is -2.11. The molecule has 0 radical (unpaired) electrons. The number of halogens is 2. The van der Waals surface area contributed by atoms with Crippen LogP contribution in [0.15, 0.2) is 30.3 Å². The van der Waals surface area contributed by atoms with Crippen molar-refractivity contribution in [2.45, 2.75) is 6.54 Å². The van der Waals surface area contributed by atoms with Gasteiger partial charge >= 0.3 is 0 Å². The van der Waals surface area contributed by atoms with Crippen LogP contribution < -0.4 is 14.2 Å². The largest absolute Gasteiger partial charge is 0.493 e. The molecule has 134 valence electrons. The third-order valence-electron chi connectivity index (χ3n) is 3.72. The van der Waals surface area contributed by atoms with Gasteiger partial charge in [-0.1, -0.05) is 35.3 Å². The van der Waals surface area contributed by atoms with E-state index in [-0.39, 0.29) is 5.91 Å². The quantitative estimate of drug-likeness (QED) is 0.746. The Morgan fingerprint density at radius 2 is 1.68 bits per heavy atom. The highest BCUT2D eigenvalue weighted by molar-refractivity contribution is 6.42. The average molecular weight is 384 g/mol. The van der Waals surface area contributed by atoms with Crippen LogP contribution in [0.4, 0.5) is 0 Å². The van der Waals surface area contributed by atoms with E-state index in [2.05, 4.69) is 0 Å². The van der Waals surface area contributed by atoms with Crippen LogP contribution in [0.1, 0.15) is 15.9 Å². The molecular formula is C18H19Cl2NO4. The normalized spacial score (nSPS) is 10.3. The third kappa shape index (κ3) is 3.94. The van der Waals surface area contributed by atoms with Crippen LogP contribution in [0.3, 0.4) is 0 Å². The number of benzene rings is 2. The topological polar surface area (TPSA) is 48.0 Å². The second-order valence-electron chi connectivity index (χ2n) is 5.26. The molecule has 0 aliphatic carbocycles. The summed E-state index contributed by atoms with van der Waals surface area (Å²) in [6.07, 6.45) is 0. The number of hydrogen-bond donors (Lipinski definition) is 0. The van der Waals surface area contributed by atoms with Crippen molar-refractivity contribution in [3.05, 3.63) is 51.5 Å². The van der Waals surface area contributed by atoms with Gasteiger partial charge in [0.15, 0.2) is 11.5 Å². The number of amides is 1. The molecule has 25 heavy (non-hydrogen) atoms. The van der Waals surface area contributed by atoms with Gasteiger partial charge in [-0.2, -0.15) is 0 Å². The van der Waals surface area contributed by atoms with Gasteiger partial charge < -0.3 is 19.1 Å². The molecule has 2 aromatic rings. The van der Waals surface area contributed by atoms with Crippen molar-refractivity contribution in [2.24, 2.45) is 0 Å². The van der Waals surface area contributed by atoms with Crippen LogP contribution in [-0.2, 0) is 6.54 Å². The summed E-state index contributed by atoms with van der Waals surface area (Å²) in [7, 11) is 6.16. The van der Waals surface area contributed by atoms with Crippen molar-refractivity contribution in [1.29, 1.82) is 0 Å². The van der Waals surface area contributed by atoms with Gasteiger partial charge in [0.05, 0.1) is 36.9 Å². The first-order valence-electron chi connectivity index (χ1n) is 7.41. The summed E-state index contributed by atoms with van der Waals surface area (Å²) < 4.78 is 15.9. The number of carbonyl (C=O) groups is 1. The summed E-state index contributed by atoms with van der Waals surface area (Å²) in [5.41, 5.74) is 1.12. The number of methoxy groups -OCH3 is 3. The van der Waals surface area contributed by atoms with E-state index >= 15 is 0 Å². The Balaban J connectivity index is 2.35. The smallest absolute Gasteiger partial charge is 0.257 e. The average Bonchev–Trinajstić information content (AvgIpc) is 2.63. The maximum atomic E-state index is 12.9. The summed E-state index contributed by atoms with van der Waals surface area (Å²) >= 11 is 12.2. The van der Waals surface area contributed by atoms with Gasteiger partial charge in [0, 0.05) is 13.6 Å². The summed E-state index contributed by atoms with van der Waals surface area (Å²) in [5.74, 6) is 0.922. The fourth-order valence-electron chi connectivity index (χ4n) is 2.47. The molecule has 0 fully saturated rings. The molecule has 0 heterocycles. The molecule has 0 atom stereocenters. The molecule has 2 rings (SSSR count). The summed E-state index contributed by atoms with van der Waals surface area (Å²) in [5, 5.41) is 0.881. The van der Waals surface area contributed by atoms with E-state index in [9.17, 15) is 4.79 Å². The van der Waals surface area contributed by atoms with Gasteiger partial charge in [0.1, 0.15) is 0 Å². The second kappa shape index (κ2) is 8.32. The second-order valence-corrected chi connectivity index (χ2v) is 6.04. The zero-order valence-electron chi connectivity index (χ0n) is 14.4. The Labute approximate surface area is 157 Å². The lowest BCUT2D eigenvalue weighted by Crippen LogP contribution is -2.27. The van der Waals surface area contributed by atoms with Crippen molar-refractivity contribution in [2.75, 3.05) is 28.4 Å². The zero-order chi connectivity index (χ0) is 18.6. The molecular weight excluding hydrogens is 365 g/mol.